The van der Waals surface area contributed by atoms with Gasteiger partial charge in [-0.2, -0.15) is 0 Å². The van der Waals surface area contributed by atoms with Gasteiger partial charge in [0.15, 0.2) is 5.78 Å². The Morgan fingerprint density at radius 1 is 0.596 bits per heavy atom. The molecule has 8 N–H and O–H groups in total. The highest BCUT2D eigenvalue weighted by atomic mass is 16.5. The van der Waals surface area contributed by atoms with Crippen LogP contribution in [0.1, 0.15) is 93.9 Å². The molecule has 0 saturated heterocycles. The van der Waals surface area contributed by atoms with Crippen LogP contribution in [-0.2, 0) is 33.4 Å². The van der Waals surface area contributed by atoms with E-state index >= 15 is 0 Å². The molecule has 0 aliphatic rings. The van der Waals surface area contributed by atoms with Crippen LogP contribution < -0.4 is 32.7 Å². The minimum absolute atomic E-state index is 0.0318. The molecule has 0 aliphatic carbocycles. The van der Waals surface area contributed by atoms with Crippen LogP contribution in [-0.4, -0.2) is 101 Å². The zero-order valence-electron chi connectivity index (χ0n) is 30.6. The fraction of sp³-hybridized carbons (Fsp3) is 0.853. The fourth-order valence-corrected chi connectivity index (χ4v) is 4.05. The predicted molar refractivity (Wildman–Crippen MR) is 187 cm³/mol. The van der Waals surface area contributed by atoms with Gasteiger partial charge in [-0.25, -0.2) is 0 Å². The predicted octanol–water partition coefficient (Wildman–Crippen LogP) is 1.70. The monoisotopic (exact) mass is 673 g/mol. The summed E-state index contributed by atoms with van der Waals surface area (Å²) in [7, 11) is 0. The second-order valence-corrected chi connectivity index (χ2v) is 13.7. The van der Waals surface area contributed by atoms with Crippen LogP contribution in [0, 0.1) is 23.7 Å². The molecule has 2 unspecified atom stereocenters. The zero-order valence-corrected chi connectivity index (χ0v) is 30.6. The summed E-state index contributed by atoms with van der Waals surface area (Å²) in [5.74, 6) is 0.971. The molecule has 276 valence electrons. The first-order valence-electron chi connectivity index (χ1n) is 17.3. The lowest BCUT2D eigenvalue weighted by Gasteiger charge is -2.17. The summed E-state index contributed by atoms with van der Waals surface area (Å²) < 4.78 is 10.6. The third-order valence-electron chi connectivity index (χ3n) is 6.55. The van der Waals surface area contributed by atoms with E-state index in [9.17, 15) is 24.0 Å². The van der Waals surface area contributed by atoms with E-state index < -0.39 is 23.9 Å². The number of hydrogen-bond acceptors (Lipinski definition) is 10. The Hall–Kier alpha value is -2.45. The number of amides is 3. The van der Waals surface area contributed by atoms with Crippen molar-refractivity contribution >= 4 is 29.3 Å². The summed E-state index contributed by atoms with van der Waals surface area (Å²) in [6.07, 6.45) is 2.74. The van der Waals surface area contributed by atoms with Gasteiger partial charge in [0.05, 0.1) is 18.7 Å². The first kappa shape index (κ1) is 46.7. The average molecular weight is 673 g/mol. The molecule has 0 radical (unpaired) electrons. The molecule has 0 heterocycles. The quantitative estimate of drug-likeness (QED) is 0.0635. The van der Waals surface area contributed by atoms with Crippen LogP contribution in [0.5, 0.6) is 0 Å². The van der Waals surface area contributed by atoms with Gasteiger partial charge in [0.2, 0.25) is 17.7 Å². The van der Waals surface area contributed by atoms with Crippen molar-refractivity contribution in [2.45, 2.75) is 106 Å². The Labute approximate surface area is 284 Å². The maximum Gasteiger partial charge on any atom is 0.245 e. The summed E-state index contributed by atoms with van der Waals surface area (Å²) in [6, 6.07) is -0.875. The van der Waals surface area contributed by atoms with Crippen LogP contribution in [0.2, 0.25) is 0 Å². The number of ether oxygens (including phenoxy) is 2. The number of hydrogen-bond donors (Lipinski definition) is 6. The first-order chi connectivity index (χ1) is 22.0. The number of carbonyl (C=O) groups is 5. The van der Waals surface area contributed by atoms with E-state index in [4.69, 9.17) is 20.9 Å². The summed E-state index contributed by atoms with van der Waals surface area (Å²) in [5, 5.41) is 12.2. The van der Waals surface area contributed by atoms with Gasteiger partial charge in [0, 0.05) is 39.0 Å². The molecule has 0 fully saturated rings. The zero-order chi connectivity index (χ0) is 36.2. The van der Waals surface area contributed by atoms with Crippen molar-refractivity contribution in [3.63, 3.8) is 0 Å². The van der Waals surface area contributed by atoms with Crippen molar-refractivity contribution in [2.75, 3.05) is 59.2 Å². The smallest absolute Gasteiger partial charge is 0.245 e. The first-order valence-corrected chi connectivity index (χ1v) is 17.3. The third kappa shape index (κ3) is 33.3. The van der Waals surface area contributed by atoms with Crippen LogP contribution in [0.25, 0.3) is 0 Å². The molecule has 0 bridgehead atoms. The van der Waals surface area contributed by atoms with E-state index in [0.717, 1.165) is 13.1 Å². The number of nitrogens with one attached hydrogen (secondary N) is 4. The van der Waals surface area contributed by atoms with Crippen molar-refractivity contribution in [3.8, 4) is 0 Å². The Balaban J connectivity index is 0. The van der Waals surface area contributed by atoms with E-state index in [1.54, 1.807) is 0 Å². The molecular formula is C34H68N6O7. The van der Waals surface area contributed by atoms with Crippen molar-refractivity contribution in [1.29, 1.82) is 0 Å². The molecule has 0 spiro atoms. The van der Waals surface area contributed by atoms with Gasteiger partial charge < -0.3 is 42.2 Å². The number of carbonyl (C=O) groups excluding carboxylic acids is 5. The largest absolute Gasteiger partial charge is 0.374 e. The van der Waals surface area contributed by atoms with Crippen LogP contribution in [0.3, 0.4) is 0 Å². The topological polar surface area (TPSA) is 204 Å². The van der Waals surface area contributed by atoms with Gasteiger partial charge in [-0.3, -0.25) is 24.0 Å². The van der Waals surface area contributed by atoms with Crippen molar-refractivity contribution in [2.24, 2.45) is 35.1 Å². The minimum atomic E-state index is -0.457. The number of rotatable bonds is 29. The summed E-state index contributed by atoms with van der Waals surface area (Å²) >= 11 is 0. The van der Waals surface area contributed by atoms with Crippen LogP contribution in [0.15, 0.2) is 0 Å². The van der Waals surface area contributed by atoms with Gasteiger partial charge in [0.25, 0.3) is 0 Å². The molecule has 3 amide bonds. The molecule has 2 atom stereocenters. The lowest BCUT2D eigenvalue weighted by Crippen LogP contribution is -2.45. The number of ketones is 2. The van der Waals surface area contributed by atoms with Crippen molar-refractivity contribution in [3.05, 3.63) is 0 Å². The molecular weight excluding hydrogens is 604 g/mol. The standard InChI is InChI=1S/C18H34N2O4.C16H34N4O3/c1-13(2)10-16(22)12-24-9-5-6-15(21)7-8-17(18(19)23)20-11-14(3)4;1-12(2)9-18-7-8-23-11-15(21)19-6-5-14(16(17)22)20-10-13(3)4/h13-14,17,20H,5-12H2,1-4H3,(H2,19,23);12-14,18,20H,5-11H2,1-4H3,(H2,17,22)(H,19,21). The van der Waals surface area contributed by atoms with E-state index in [0.29, 0.717) is 95.0 Å². The van der Waals surface area contributed by atoms with Gasteiger partial charge in [-0.05, 0) is 62.6 Å². The molecule has 47 heavy (non-hydrogen) atoms. The van der Waals surface area contributed by atoms with Gasteiger partial charge in [-0.1, -0.05) is 55.4 Å². The number of nitrogens with two attached hydrogens (primary N) is 2. The highest BCUT2D eigenvalue weighted by Gasteiger charge is 2.17. The highest BCUT2D eigenvalue weighted by Crippen LogP contribution is 2.05. The Morgan fingerprint density at radius 3 is 1.64 bits per heavy atom. The number of Topliss-reactive ketones (excluding diaryl/α,β-unsaturated/α-hetero) is 2. The fourth-order valence-electron chi connectivity index (χ4n) is 4.05. The van der Waals surface area contributed by atoms with Crippen molar-refractivity contribution < 1.29 is 33.4 Å². The molecule has 0 aromatic carbocycles. The normalized spacial score (nSPS) is 12.6. The van der Waals surface area contributed by atoms with Gasteiger partial charge in [-0.15, -0.1) is 0 Å². The molecule has 0 rings (SSSR count). The lowest BCUT2D eigenvalue weighted by molar-refractivity contribution is -0.126. The van der Waals surface area contributed by atoms with Crippen LogP contribution in [0.4, 0.5) is 0 Å². The Bertz CT molecular complexity index is 868. The highest BCUT2D eigenvalue weighted by molar-refractivity contribution is 5.82. The second kappa shape index (κ2) is 29.7. The summed E-state index contributed by atoms with van der Waals surface area (Å²) in [6.45, 7) is 21.0. The van der Waals surface area contributed by atoms with E-state index in [1.165, 1.54) is 0 Å². The minimum Gasteiger partial charge on any atom is -0.374 e. The average Bonchev–Trinajstić information content (AvgIpc) is 2.95. The van der Waals surface area contributed by atoms with Crippen molar-refractivity contribution in [1.82, 2.24) is 21.3 Å². The van der Waals surface area contributed by atoms with E-state index in [2.05, 4.69) is 49.0 Å². The molecule has 0 aromatic heterocycles. The third-order valence-corrected chi connectivity index (χ3v) is 6.55. The Morgan fingerprint density at radius 2 is 1.13 bits per heavy atom. The molecule has 0 aliphatic heterocycles. The molecule has 13 heteroatoms. The lowest BCUT2D eigenvalue weighted by atomic mass is 10.0. The maximum absolute atomic E-state index is 11.8. The maximum atomic E-state index is 11.8. The molecule has 0 saturated carbocycles. The Kier molecular flexibility index (Phi) is 29.5. The van der Waals surface area contributed by atoms with Gasteiger partial charge >= 0.3 is 0 Å². The summed E-state index contributed by atoms with van der Waals surface area (Å²) in [4.78, 5) is 57.6. The SMILES string of the molecule is CC(C)CNC(CCC(=O)CCCOCC(=O)CC(C)C)C(N)=O.CC(C)CNCCOCC(=O)NCCC(NCC(C)C)C(N)=O. The molecule has 0 aromatic rings. The second-order valence-electron chi connectivity index (χ2n) is 13.7. The van der Waals surface area contributed by atoms with E-state index in [1.807, 2.05) is 27.7 Å². The number of primary amides is 2. The van der Waals surface area contributed by atoms with Crippen LogP contribution >= 0.6 is 0 Å². The molecule has 13 nitrogen and oxygen atoms in total. The van der Waals surface area contributed by atoms with E-state index in [-0.39, 0.29) is 30.7 Å². The van der Waals surface area contributed by atoms with Gasteiger partial charge in [0.1, 0.15) is 19.0 Å². The summed E-state index contributed by atoms with van der Waals surface area (Å²) in [5.41, 5.74) is 10.7.